The Hall–Kier alpha value is -2.64. The molecule has 1 aromatic carbocycles. The van der Waals surface area contributed by atoms with Crippen LogP contribution in [0.25, 0.3) is 0 Å². The number of aliphatic carboxylic acids is 1. The molecule has 0 fully saturated rings. The van der Waals surface area contributed by atoms with Crippen LogP contribution in [0.1, 0.15) is 13.3 Å². The molecule has 0 spiro atoms. The third-order valence-electron chi connectivity index (χ3n) is 2.70. The standard InChI is InChI=1S/C13H16FN3O4/c1-2-17(9-5-3-8(14)4-6-9)13(21)16-10(12(19)20)7-11(15)18/h3-6,10H,2,7H2,1H3,(H2,15,18)(H,16,21)(H,19,20). The molecule has 8 heteroatoms. The summed E-state index contributed by atoms with van der Waals surface area (Å²) in [7, 11) is 0. The molecular weight excluding hydrogens is 281 g/mol. The van der Waals surface area contributed by atoms with Crippen molar-refractivity contribution >= 4 is 23.6 Å². The first kappa shape index (κ1) is 16.4. The first-order valence-electron chi connectivity index (χ1n) is 6.19. The van der Waals surface area contributed by atoms with E-state index in [1.807, 2.05) is 0 Å². The lowest BCUT2D eigenvalue weighted by atomic mass is 10.2. The van der Waals surface area contributed by atoms with E-state index in [0.717, 1.165) is 0 Å². The second kappa shape index (κ2) is 7.22. The smallest absolute Gasteiger partial charge is 0.326 e. The Morgan fingerprint density at radius 3 is 2.33 bits per heavy atom. The van der Waals surface area contributed by atoms with Gasteiger partial charge in [0.1, 0.15) is 11.9 Å². The van der Waals surface area contributed by atoms with Gasteiger partial charge >= 0.3 is 12.0 Å². The normalized spacial score (nSPS) is 11.5. The first-order chi connectivity index (χ1) is 9.85. The maximum Gasteiger partial charge on any atom is 0.326 e. The van der Waals surface area contributed by atoms with Crippen LogP contribution < -0.4 is 16.0 Å². The Balaban J connectivity index is 2.85. The maximum absolute atomic E-state index is 12.9. The van der Waals surface area contributed by atoms with Crippen molar-refractivity contribution in [1.82, 2.24) is 5.32 Å². The molecule has 1 atom stereocenters. The summed E-state index contributed by atoms with van der Waals surface area (Å²) >= 11 is 0. The Kier molecular flexibility index (Phi) is 5.65. The number of nitrogens with one attached hydrogen (secondary N) is 1. The molecule has 0 saturated carbocycles. The molecule has 0 saturated heterocycles. The van der Waals surface area contributed by atoms with Crippen LogP contribution in [0, 0.1) is 5.82 Å². The predicted molar refractivity (Wildman–Crippen MR) is 73.2 cm³/mol. The average molecular weight is 297 g/mol. The number of carbonyl (C=O) groups excluding carboxylic acids is 2. The average Bonchev–Trinajstić information content (AvgIpc) is 2.40. The number of nitrogens with zero attached hydrogens (tertiary/aromatic N) is 1. The Bertz CT molecular complexity index is 533. The highest BCUT2D eigenvalue weighted by molar-refractivity contribution is 5.95. The van der Waals surface area contributed by atoms with Crippen molar-refractivity contribution < 1.29 is 23.9 Å². The van der Waals surface area contributed by atoms with Crippen LogP contribution >= 0.6 is 0 Å². The Labute approximate surface area is 120 Å². The minimum absolute atomic E-state index is 0.236. The molecule has 114 valence electrons. The highest BCUT2D eigenvalue weighted by Crippen LogP contribution is 2.15. The summed E-state index contributed by atoms with van der Waals surface area (Å²) in [6.45, 7) is 1.91. The number of hydrogen-bond acceptors (Lipinski definition) is 3. The lowest BCUT2D eigenvalue weighted by Gasteiger charge is -2.23. The molecule has 7 nitrogen and oxygen atoms in total. The summed E-state index contributed by atoms with van der Waals surface area (Å²) in [5, 5.41) is 11.1. The molecule has 1 aromatic rings. The van der Waals surface area contributed by atoms with Crippen molar-refractivity contribution in [3.05, 3.63) is 30.1 Å². The van der Waals surface area contributed by atoms with Gasteiger partial charge in [-0.1, -0.05) is 0 Å². The number of urea groups is 1. The van der Waals surface area contributed by atoms with Crippen LogP contribution in [0.15, 0.2) is 24.3 Å². The molecule has 4 N–H and O–H groups in total. The zero-order chi connectivity index (χ0) is 16.0. The highest BCUT2D eigenvalue weighted by atomic mass is 19.1. The van der Waals surface area contributed by atoms with Crippen LogP contribution in [0.5, 0.6) is 0 Å². The van der Waals surface area contributed by atoms with Crippen molar-refractivity contribution in [3.63, 3.8) is 0 Å². The van der Waals surface area contributed by atoms with Crippen LogP contribution in [0.3, 0.4) is 0 Å². The predicted octanol–water partition coefficient (Wildman–Crippen LogP) is 0.690. The van der Waals surface area contributed by atoms with Crippen molar-refractivity contribution in [2.24, 2.45) is 5.73 Å². The van der Waals surface area contributed by atoms with E-state index >= 15 is 0 Å². The number of amides is 3. The van der Waals surface area contributed by atoms with Crippen LogP contribution in [-0.4, -0.2) is 35.6 Å². The van der Waals surface area contributed by atoms with Gasteiger partial charge < -0.3 is 16.2 Å². The Morgan fingerprint density at radius 1 is 1.33 bits per heavy atom. The van der Waals surface area contributed by atoms with Gasteiger partial charge in [-0.2, -0.15) is 0 Å². The largest absolute Gasteiger partial charge is 0.480 e. The number of carboxylic acids is 1. The zero-order valence-corrected chi connectivity index (χ0v) is 11.4. The summed E-state index contributed by atoms with van der Waals surface area (Å²) in [4.78, 5) is 35.0. The topological polar surface area (TPSA) is 113 Å². The number of benzene rings is 1. The third kappa shape index (κ3) is 4.75. The number of primary amides is 1. The lowest BCUT2D eigenvalue weighted by molar-refractivity contribution is -0.140. The van der Waals surface area contributed by atoms with Gasteiger partial charge in [0.15, 0.2) is 0 Å². The van der Waals surface area contributed by atoms with Gasteiger partial charge in [-0.05, 0) is 31.2 Å². The molecule has 3 amide bonds. The molecular formula is C13H16FN3O4. The summed E-state index contributed by atoms with van der Waals surface area (Å²) in [6.07, 6.45) is -0.512. The van der Waals surface area contributed by atoms with Crippen molar-refractivity contribution in [3.8, 4) is 0 Å². The van der Waals surface area contributed by atoms with Crippen molar-refractivity contribution in [2.75, 3.05) is 11.4 Å². The highest BCUT2D eigenvalue weighted by Gasteiger charge is 2.24. The third-order valence-corrected chi connectivity index (χ3v) is 2.70. The maximum atomic E-state index is 12.9. The van der Waals surface area contributed by atoms with Crippen LogP contribution in [0.2, 0.25) is 0 Å². The van der Waals surface area contributed by atoms with Gasteiger partial charge in [-0.3, -0.25) is 9.69 Å². The van der Waals surface area contributed by atoms with Crippen LogP contribution in [0.4, 0.5) is 14.9 Å². The van der Waals surface area contributed by atoms with Crippen molar-refractivity contribution in [1.29, 1.82) is 0 Å². The molecule has 0 aliphatic rings. The van der Waals surface area contributed by atoms with E-state index < -0.39 is 36.2 Å². The monoisotopic (exact) mass is 297 g/mol. The summed E-state index contributed by atoms with van der Waals surface area (Å²) in [5.74, 6) is -2.66. The molecule has 21 heavy (non-hydrogen) atoms. The minimum Gasteiger partial charge on any atom is -0.480 e. The van der Waals surface area contributed by atoms with E-state index in [4.69, 9.17) is 10.8 Å². The van der Waals surface area contributed by atoms with E-state index in [1.165, 1.54) is 29.2 Å². The fraction of sp³-hybridized carbons (Fsp3) is 0.308. The van der Waals surface area contributed by atoms with Gasteiger partial charge in [0.05, 0.1) is 6.42 Å². The van der Waals surface area contributed by atoms with Crippen LogP contribution in [-0.2, 0) is 9.59 Å². The van der Waals surface area contributed by atoms with Gasteiger partial charge in [-0.25, -0.2) is 14.0 Å². The summed E-state index contributed by atoms with van der Waals surface area (Å²) in [5.41, 5.74) is 5.34. The van der Waals surface area contributed by atoms with E-state index in [2.05, 4.69) is 5.32 Å². The summed E-state index contributed by atoms with van der Waals surface area (Å²) < 4.78 is 12.9. The SMILES string of the molecule is CCN(C(=O)NC(CC(N)=O)C(=O)O)c1ccc(F)cc1. The van der Waals surface area contributed by atoms with E-state index in [-0.39, 0.29) is 6.54 Å². The molecule has 0 aromatic heterocycles. The number of nitrogens with two attached hydrogens (primary N) is 1. The fourth-order valence-electron chi connectivity index (χ4n) is 1.69. The second-order valence-electron chi connectivity index (χ2n) is 4.23. The fourth-order valence-corrected chi connectivity index (χ4v) is 1.69. The minimum atomic E-state index is -1.41. The number of carbonyl (C=O) groups is 3. The van der Waals surface area contributed by atoms with Gasteiger partial charge in [-0.15, -0.1) is 0 Å². The quantitative estimate of drug-likeness (QED) is 0.717. The number of carboxylic acid groups (broad SMARTS) is 1. The van der Waals surface area contributed by atoms with E-state index in [1.54, 1.807) is 6.92 Å². The molecule has 1 rings (SSSR count). The second-order valence-corrected chi connectivity index (χ2v) is 4.23. The van der Waals surface area contributed by atoms with E-state index in [0.29, 0.717) is 5.69 Å². The number of rotatable bonds is 6. The molecule has 0 aliphatic carbocycles. The summed E-state index contributed by atoms with van der Waals surface area (Å²) in [6, 6.07) is 3.03. The van der Waals surface area contributed by atoms with E-state index in [9.17, 15) is 18.8 Å². The molecule has 0 aliphatic heterocycles. The van der Waals surface area contributed by atoms with Gasteiger partial charge in [0.2, 0.25) is 5.91 Å². The number of hydrogen-bond donors (Lipinski definition) is 3. The van der Waals surface area contributed by atoms with Crippen molar-refractivity contribution in [2.45, 2.75) is 19.4 Å². The number of halogens is 1. The molecule has 1 unspecified atom stereocenters. The molecule has 0 heterocycles. The van der Waals surface area contributed by atoms with Gasteiger partial charge in [0.25, 0.3) is 0 Å². The first-order valence-corrected chi connectivity index (χ1v) is 6.19. The molecule has 0 bridgehead atoms. The van der Waals surface area contributed by atoms with Gasteiger partial charge in [0, 0.05) is 12.2 Å². The Morgan fingerprint density at radius 2 is 1.90 bits per heavy atom. The zero-order valence-electron chi connectivity index (χ0n) is 11.4. The number of anilines is 1. The molecule has 0 radical (unpaired) electrons. The lowest BCUT2D eigenvalue weighted by Crippen LogP contribution is -2.49.